The third-order valence-corrected chi connectivity index (χ3v) is 5.63. The molecular formula is C20H38IN7O. The van der Waals surface area contributed by atoms with E-state index in [1.807, 2.05) is 11.7 Å². The topological polar surface area (TPSA) is 79.6 Å². The second-order valence-corrected chi connectivity index (χ2v) is 7.90. The lowest BCUT2D eigenvalue weighted by atomic mass is 10.1. The predicted octanol–water partition coefficient (Wildman–Crippen LogP) is 2.18. The van der Waals surface area contributed by atoms with Crippen LogP contribution >= 0.6 is 24.0 Å². The maximum absolute atomic E-state index is 5.14. The number of hydrogen-bond donors (Lipinski definition) is 2. The van der Waals surface area contributed by atoms with Crippen molar-refractivity contribution in [3.8, 4) is 0 Å². The molecule has 0 amide bonds. The molecule has 2 aliphatic rings. The van der Waals surface area contributed by atoms with E-state index in [-0.39, 0.29) is 24.0 Å². The summed E-state index contributed by atoms with van der Waals surface area (Å²) in [5.41, 5.74) is 0. The maximum Gasteiger partial charge on any atom is 0.191 e. The molecule has 1 saturated heterocycles. The molecule has 2 aliphatic heterocycles. The van der Waals surface area contributed by atoms with Crippen molar-refractivity contribution in [3.63, 3.8) is 0 Å². The average molecular weight is 519 g/mol. The highest BCUT2D eigenvalue weighted by Gasteiger charge is 2.22. The van der Waals surface area contributed by atoms with Gasteiger partial charge in [0.05, 0.1) is 6.54 Å². The van der Waals surface area contributed by atoms with Crippen molar-refractivity contribution in [1.29, 1.82) is 0 Å². The smallest absolute Gasteiger partial charge is 0.191 e. The minimum absolute atomic E-state index is 0. The Kier molecular flexibility index (Phi) is 11.2. The van der Waals surface area contributed by atoms with Gasteiger partial charge in [-0.05, 0) is 51.7 Å². The van der Waals surface area contributed by atoms with Gasteiger partial charge in [-0.25, -0.2) is 9.67 Å². The van der Waals surface area contributed by atoms with Crippen LogP contribution in [0.15, 0.2) is 4.99 Å². The predicted molar refractivity (Wildman–Crippen MR) is 127 cm³/mol. The van der Waals surface area contributed by atoms with Crippen LogP contribution in [-0.4, -0.2) is 72.0 Å². The van der Waals surface area contributed by atoms with E-state index in [0.29, 0.717) is 12.6 Å². The van der Waals surface area contributed by atoms with Crippen LogP contribution < -0.4 is 10.6 Å². The Balaban J connectivity index is 0.00000300. The fraction of sp³-hybridized carbons (Fsp3) is 0.850. The first-order valence-electron chi connectivity index (χ1n) is 10.9. The van der Waals surface area contributed by atoms with E-state index in [4.69, 9.17) is 4.74 Å². The second-order valence-electron chi connectivity index (χ2n) is 7.90. The summed E-state index contributed by atoms with van der Waals surface area (Å²) in [6.07, 6.45) is 9.92. The minimum Gasteiger partial charge on any atom is -0.377 e. The lowest BCUT2D eigenvalue weighted by molar-refractivity contribution is 0.177. The molecule has 3 heterocycles. The fourth-order valence-electron chi connectivity index (χ4n) is 4.08. The lowest BCUT2D eigenvalue weighted by Crippen LogP contribution is -2.47. The molecule has 1 aromatic heterocycles. The fourth-order valence-corrected chi connectivity index (χ4v) is 4.08. The monoisotopic (exact) mass is 519 g/mol. The molecule has 8 nitrogen and oxygen atoms in total. The summed E-state index contributed by atoms with van der Waals surface area (Å²) in [7, 11) is 3.51. The van der Waals surface area contributed by atoms with Crippen molar-refractivity contribution in [2.45, 2.75) is 70.6 Å². The van der Waals surface area contributed by atoms with Crippen molar-refractivity contribution in [1.82, 2.24) is 30.3 Å². The molecule has 0 bridgehead atoms. The van der Waals surface area contributed by atoms with E-state index in [1.165, 1.54) is 58.2 Å². The van der Waals surface area contributed by atoms with E-state index >= 15 is 0 Å². The van der Waals surface area contributed by atoms with Gasteiger partial charge in [0.25, 0.3) is 0 Å². The van der Waals surface area contributed by atoms with Gasteiger partial charge in [0.15, 0.2) is 11.8 Å². The van der Waals surface area contributed by atoms with E-state index in [1.54, 1.807) is 7.11 Å². The number of halogens is 1. The Morgan fingerprint density at radius 3 is 2.79 bits per heavy atom. The van der Waals surface area contributed by atoms with Crippen LogP contribution in [0.5, 0.6) is 0 Å². The summed E-state index contributed by atoms with van der Waals surface area (Å²) >= 11 is 0. The van der Waals surface area contributed by atoms with Crippen LogP contribution in [0.25, 0.3) is 0 Å². The Bertz CT molecular complexity index is 616. The number of hydrogen-bond acceptors (Lipinski definition) is 5. The van der Waals surface area contributed by atoms with Gasteiger partial charge in [-0.3, -0.25) is 4.99 Å². The number of nitrogens with zero attached hydrogens (tertiary/aromatic N) is 5. The zero-order chi connectivity index (χ0) is 19.6. The third kappa shape index (κ3) is 8.01. The molecule has 0 aliphatic carbocycles. The molecule has 166 valence electrons. The van der Waals surface area contributed by atoms with Crippen LogP contribution in [0.2, 0.25) is 0 Å². The lowest BCUT2D eigenvalue weighted by Gasteiger charge is -2.26. The summed E-state index contributed by atoms with van der Waals surface area (Å²) in [6.45, 7) is 6.13. The number of ether oxygens (including phenoxy) is 1. The molecule has 0 radical (unpaired) electrons. The van der Waals surface area contributed by atoms with Crippen LogP contribution in [-0.2, 0) is 24.3 Å². The van der Waals surface area contributed by atoms with E-state index in [2.05, 4.69) is 30.6 Å². The van der Waals surface area contributed by atoms with Gasteiger partial charge >= 0.3 is 0 Å². The van der Waals surface area contributed by atoms with Crippen LogP contribution in [0.4, 0.5) is 0 Å². The molecule has 2 N–H and O–H groups in total. The van der Waals surface area contributed by atoms with Gasteiger partial charge in [-0.1, -0.05) is 12.8 Å². The Labute approximate surface area is 192 Å². The van der Waals surface area contributed by atoms with Crippen molar-refractivity contribution < 1.29 is 4.74 Å². The van der Waals surface area contributed by atoms with Crippen molar-refractivity contribution in [2.24, 2.45) is 4.99 Å². The molecule has 1 atom stereocenters. The van der Waals surface area contributed by atoms with Crippen molar-refractivity contribution in [2.75, 3.05) is 40.3 Å². The summed E-state index contributed by atoms with van der Waals surface area (Å²) < 4.78 is 7.14. The van der Waals surface area contributed by atoms with Gasteiger partial charge in [0.2, 0.25) is 0 Å². The van der Waals surface area contributed by atoms with Crippen molar-refractivity contribution >= 4 is 29.9 Å². The molecule has 0 aromatic carbocycles. The molecule has 1 fully saturated rings. The number of piperidine rings is 1. The van der Waals surface area contributed by atoms with Gasteiger partial charge in [-0.2, -0.15) is 5.10 Å². The molecule has 9 heteroatoms. The molecule has 0 spiro atoms. The molecule has 29 heavy (non-hydrogen) atoms. The van der Waals surface area contributed by atoms with Gasteiger partial charge in [-0.15, -0.1) is 24.0 Å². The first-order valence-corrected chi connectivity index (χ1v) is 10.9. The average Bonchev–Trinajstić information content (AvgIpc) is 3.12. The summed E-state index contributed by atoms with van der Waals surface area (Å²) in [6, 6.07) is 0.329. The maximum atomic E-state index is 5.14. The zero-order valence-corrected chi connectivity index (χ0v) is 20.4. The zero-order valence-electron chi connectivity index (χ0n) is 18.0. The number of unbranched alkanes of at least 4 members (excludes halogenated alkanes) is 2. The highest BCUT2D eigenvalue weighted by atomic mass is 127. The number of nitrogens with one attached hydrogen (secondary N) is 2. The number of guanidine groups is 1. The summed E-state index contributed by atoms with van der Waals surface area (Å²) in [4.78, 5) is 11.5. The number of rotatable bonds is 9. The number of aromatic nitrogens is 3. The highest BCUT2D eigenvalue weighted by Crippen LogP contribution is 2.13. The van der Waals surface area contributed by atoms with Gasteiger partial charge in [0.1, 0.15) is 12.4 Å². The number of likely N-dealkylation sites (tertiary alicyclic amines) is 1. The van der Waals surface area contributed by atoms with Gasteiger partial charge in [0, 0.05) is 33.2 Å². The van der Waals surface area contributed by atoms with E-state index < -0.39 is 0 Å². The summed E-state index contributed by atoms with van der Waals surface area (Å²) in [5.74, 6) is 2.72. The van der Waals surface area contributed by atoms with Crippen LogP contribution in [0, 0.1) is 0 Å². The van der Waals surface area contributed by atoms with Crippen LogP contribution in [0.1, 0.15) is 56.6 Å². The van der Waals surface area contributed by atoms with E-state index in [9.17, 15) is 0 Å². The summed E-state index contributed by atoms with van der Waals surface area (Å²) in [5, 5.41) is 11.5. The largest absolute Gasteiger partial charge is 0.377 e. The highest BCUT2D eigenvalue weighted by molar-refractivity contribution is 14.0. The first-order chi connectivity index (χ1) is 13.8. The third-order valence-electron chi connectivity index (χ3n) is 5.63. The molecule has 0 saturated carbocycles. The molecule has 3 rings (SSSR count). The van der Waals surface area contributed by atoms with Crippen molar-refractivity contribution in [3.05, 3.63) is 11.6 Å². The first kappa shape index (κ1) is 24.3. The Hall–Kier alpha value is -0.940. The molecule has 1 unspecified atom stereocenters. The Morgan fingerprint density at radius 2 is 2.03 bits per heavy atom. The second kappa shape index (κ2) is 13.4. The van der Waals surface area contributed by atoms with E-state index in [0.717, 1.165) is 43.5 Å². The Morgan fingerprint density at radius 1 is 1.21 bits per heavy atom. The normalized spacial score (nSPS) is 20.1. The number of fused-ring (bicyclic) bond motifs is 1. The molecule has 1 aromatic rings. The van der Waals surface area contributed by atoms with Crippen LogP contribution in [0.3, 0.4) is 0 Å². The number of aryl methyl sites for hydroxylation is 1. The molecular weight excluding hydrogens is 481 g/mol. The quantitative estimate of drug-likeness (QED) is 0.226. The minimum atomic E-state index is 0. The number of aliphatic imine (C=N–C) groups is 1. The standard InChI is InChI=1S/C20H37N7O.HI/c1-21-20(22-11-5-3-6-12-26-13-7-4-8-14-26)23-17-9-10-19-24-18(16-28-2)25-27(19)15-17;/h17H,3-16H2,1-2H3,(H2,21,22,23);1H. The van der Waals surface area contributed by atoms with Gasteiger partial charge < -0.3 is 20.3 Å². The number of methoxy groups -OCH3 is 1. The SMILES string of the molecule is CN=C(NCCCCCN1CCCCC1)NC1CCc2nc(COC)nn2C1.I.